The van der Waals surface area contributed by atoms with Crippen LogP contribution in [0.25, 0.3) is 0 Å². The molecule has 5 N–H and O–H groups in total. The van der Waals surface area contributed by atoms with Crippen molar-refractivity contribution in [2.75, 3.05) is 6.54 Å². The first-order chi connectivity index (χ1) is 22.3. The average molecular weight is 703 g/mol. The number of hydrogen-bond donors (Lipinski definition) is 4. The second-order valence-electron chi connectivity index (χ2n) is 13.2. The second-order valence-corrected chi connectivity index (χ2v) is 17.6. The van der Waals surface area contributed by atoms with Gasteiger partial charge in [-0.1, -0.05) is 65.0 Å². The lowest BCUT2D eigenvalue weighted by Gasteiger charge is -2.34. The molecule has 0 spiro atoms. The van der Waals surface area contributed by atoms with Crippen LogP contribution in [-0.2, 0) is 35.2 Å². The predicted octanol–water partition coefficient (Wildman–Crippen LogP) is 3.85. The van der Waals surface area contributed by atoms with Gasteiger partial charge in [0.2, 0.25) is 11.8 Å². The van der Waals surface area contributed by atoms with Gasteiger partial charge in [0, 0.05) is 48.7 Å². The standard InChI is InChI=1S/C34H44N4O6.H5P3/c1-21(2)15-33(17-26(40)19-36-32(44)27(13-22(3)39)24-11-7-8-12-24)31(43)28(20-37-33)34(16-23-9-5-4-6-10-23)30(42)25(18-38-34)14-29(35)41;1-3-2/h4-6,9-10,18,20-21,24,27,37-38H,7-8,11-17,19H2,1-3H3,(H2,35,41)(H,36,44);3H,1-2H2/t27-,33-,34-;/m0./s1. The quantitative estimate of drug-likeness (QED) is 0.200. The Morgan fingerprint density at radius 2 is 1.66 bits per heavy atom. The van der Waals surface area contributed by atoms with E-state index in [0.717, 1.165) is 39.2 Å². The molecule has 0 saturated heterocycles. The molecule has 47 heavy (non-hydrogen) atoms. The maximum absolute atomic E-state index is 14.4. The van der Waals surface area contributed by atoms with Gasteiger partial charge in [-0.3, -0.25) is 24.0 Å². The number of benzene rings is 1. The molecule has 1 saturated carbocycles. The van der Waals surface area contributed by atoms with Crippen molar-refractivity contribution in [3.05, 3.63) is 59.4 Å². The van der Waals surface area contributed by atoms with Crippen molar-refractivity contribution >= 4 is 60.8 Å². The fourth-order valence-electron chi connectivity index (χ4n) is 7.09. The van der Waals surface area contributed by atoms with E-state index in [0.29, 0.717) is 6.42 Å². The van der Waals surface area contributed by atoms with Gasteiger partial charge in [-0.2, -0.15) is 0 Å². The van der Waals surface area contributed by atoms with Crippen LogP contribution in [0.3, 0.4) is 0 Å². The molecule has 1 aliphatic carbocycles. The zero-order chi connectivity index (χ0) is 34.8. The number of carbonyl (C=O) groups is 6. The highest BCUT2D eigenvalue weighted by Gasteiger charge is 2.56. The summed E-state index contributed by atoms with van der Waals surface area (Å²) in [6, 6.07) is 9.25. The van der Waals surface area contributed by atoms with Gasteiger partial charge < -0.3 is 26.5 Å². The summed E-state index contributed by atoms with van der Waals surface area (Å²) < 4.78 is 0. The number of carbonyl (C=O) groups excluding carboxylic acids is 6. The molecule has 5 atom stereocenters. The van der Waals surface area contributed by atoms with Gasteiger partial charge in [-0.15, -0.1) is 17.9 Å². The third-order valence-electron chi connectivity index (χ3n) is 9.01. The number of ketones is 4. The lowest BCUT2D eigenvalue weighted by Crippen LogP contribution is -2.55. The topological polar surface area (TPSA) is 165 Å². The van der Waals surface area contributed by atoms with Crippen molar-refractivity contribution in [3.63, 3.8) is 0 Å². The van der Waals surface area contributed by atoms with Gasteiger partial charge in [-0.25, -0.2) is 0 Å². The monoisotopic (exact) mass is 702 g/mol. The molecule has 0 radical (unpaired) electrons. The molecule has 3 aliphatic rings. The first kappa shape index (κ1) is 38.7. The van der Waals surface area contributed by atoms with Gasteiger partial charge in [0.15, 0.2) is 17.3 Å². The van der Waals surface area contributed by atoms with E-state index in [1.165, 1.54) is 19.3 Å². The Balaban J connectivity index is 0.00000192. The van der Waals surface area contributed by atoms with Crippen molar-refractivity contribution in [3.8, 4) is 0 Å². The van der Waals surface area contributed by atoms with Crippen LogP contribution in [0.2, 0.25) is 0 Å². The Bertz CT molecular complexity index is 1410. The Hall–Kier alpha value is -2.79. The molecule has 2 heterocycles. The molecule has 10 nitrogen and oxygen atoms in total. The van der Waals surface area contributed by atoms with Crippen LogP contribution in [-0.4, -0.2) is 52.6 Å². The molecule has 256 valence electrons. The Morgan fingerprint density at radius 3 is 2.23 bits per heavy atom. The summed E-state index contributed by atoms with van der Waals surface area (Å²) in [4.78, 5) is 78.4. The van der Waals surface area contributed by atoms with Crippen molar-refractivity contribution in [1.29, 1.82) is 0 Å². The number of Topliss-reactive ketones (excluding diaryl/α,β-unsaturated/α-hetero) is 4. The van der Waals surface area contributed by atoms with E-state index in [-0.39, 0.29) is 78.5 Å². The van der Waals surface area contributed by atoms with E-state index in [2.05, 4.69) is 33.8 Å². The third kappa shape index (κ3) is 9.87. The number of nitrogens with one attached hydrogen (secondary N) is 3. The van der Waals surface area contributed by atoms with Crippen LogP contribution >= 0.6 is 25.8 Å². The highest BCUT2D eigenvalue weighted by molar-refractivity contribution is 8.33. The Kier molecular flexibility index (Phi) is 14.4. The Labute approximate surface area is 284 Å². The first-order valence-corrected chi connectivity index (χ1v) is 20.7. The van der Waals surface area contributed by atoms with E-state index in [4.69, 9.17) is 5.73 Å². The average Bonchev–Trinajstić information content (AvgIpc) is 3.72. The molecule has 13 heteroatoms. The fraction of sp³-hybridized carbons (Fsp3) is 0.529. The molecule has 4 rings (SSSR count). The van der Waals surface area contributed by atoms with E-state index < -0.39 is 28.7 Å². The maximum Gasteiger partial charge on any atom is 0.224 e. The molecule has 2 amide bonds. The van der Waals surface area contributed by atoms with Crippen molar-refractivity contribution in [2.24, 2.45) is 23.5 Å². The van der Waals surface area contributed by atoms with Gasteiger partial charge in [-0.05, 0) is 43.6 Å². The lowest BCUT2D eigenvalue weighted by atomic mass is 9.73. The minimum absolute atomic E-state index is 0.0183. The molecule has 0 aromatic heterocycles. The molecule has 2 unspecified atom stereocenters. The second kappa shape index (κ2) is 17.6. The minimum atomic E-state index is -1.48. The van der Waals surface area contributed by atoms with Crippen LogP contribution in [0.15, 0.2) is 53.9 Å². The smallest absolute Gasteiger partial charge is 0.224 e. The number of primary amides is 1. The number of amides is 2. The van der Waals surface area contributed by atoms with E-state index in [1.807, 2.05) is 44.2 Å². The summed E-state index contributed by atoms with van der Waals surface area (Å²) in [5, 5.41) is 9.04. The lowest BCUT2D eigenvalue weighted by molar-refractivity contribution is -0.133. The van der Waals surface area contributed by atoms with E-state index >= 15 is 0 Å². The molecule has 2 aliphatic heterocycles. The van der Waals surface area contributed by atoms with Crippen LogP contribution in [0.1, 0.15) is 77.7 Å². The van der Waals surface area contributed by atoms with Gasteiger partial charge in [0.1, 0.15) is 16.9 Å². The van der Waals surface area contributed by atoms with Gasteiger partial charge >= 0.3 is 0 Å². The van der Waals surface area contributed by atoms with Gasteiger partial charge in [0.05, 0.1) is 13.0 Å². The zero-order valence-corrected chi connectivity index (χ0v) is 30.8. The molecular formula is C34H49N4O6P3. The highest BCUT2D eigenvalue weighted by Crippen LogP contribution is 2.40. The SMILES string of the molecule is CC(=O)C[C@H](C(=O)NCC(=O)C[C@]1(CC(C)C)NC=C([C@]2(Cc3ccccc3)NC=C(CC(N)=O)C2=O)C1=O)C1CCCC1.PPP. The molecule has 1 fully saturated rings. The molecule has 0 bridgehead atoms. The Morgan fingerprint density at radius 1 is 1.02 bits per heavy atom. The fourth-order valence-corrected chi connectivity index (χ4v) is 7.09. The van der Waals surface area contributed by atoms with Gasteiger partial charge in [0.25, 0.3) is 0 Å². The summed E-state index contributed by atoms with van der Waals surface area (Å²) in [5.74, 6) is -2.48. The normalized spacial score (nSPS) is 22.9. The molecule has 1 aromatic carbocycles. The molecular weight excluding hydrogens is 653 g/mol. The van der Waals surface area contributed by atoms with Crippen LogP contribution < -0.4 is 21.7 Å². The third-order valence-corrected chi connectivity index (χ3v) is 9.01. The van der Waals surface area contributed by atoms with Crippen molar-refractivity contribution < 1.29 is 28.8 Å². The minimum Gasteiger partial charge on any atom is -0.378 e. The van der Waals surface area contributed by atoms with Crippen LogP contribution in [0.4, 0.5) is 0 Å². The van der Waals surface area contributed by atoms with Crippen LogP contribution in [0.5, 0.6) is 0 Å². The zero-order valence-electron chi connectivity index (χ0n) is 27.5. The number of nitrogens with two attached hydrogens (primary N) is 1. The summed E-state index contributed by atoms with van der Waals surface area (Å²) in [7, 11) is 6.06. The number of rotatable bonds is 15. The summed E-state index contributed by atoms with van der Waals surface area (Å²) in [6.45, 7) is 5.10. The van der Waals surface area contributed by atoms with Crippen LogP contribution in [0, 0.1) is 17.8 Å². The first-order valence-electron chi connectivity index (χ1n) is 16.1. The summed E-state index contributed by atoms with van der Waals surface area (Å²) >= 11 is 0. The summed E-state index contributed by atoms with van der Waals surface area (Å²) in [5.41, 5.74) is 3.78. The van der Waals surface area contributed by atoms with Crippen molar-refractivity contribution in [2.45, 2.75) is 89.6 Å². The van der Waals surface area contributed by atoms with E-state index in [9.17, 15) is 28.8 Å². The summed E-state index contributed by atoms with van der Waals surface area (Å²) in [6.07, 6.45) is 6.94. The number of hydrogen-bond acceptors (Lipinski definition) is 8. The largest absolute Gasteiger partial charge is 0.378 e. The predicted molar refractivity (Wildman–Crippen MR) is 192 cm³/mol. The van der Waals surface area contributed by atoms with E-state index in [1.54, 1.807) is 0 Å². The highest BCUT2D eigenvalue weighted by atomic mass is 32.4. The maximum atomic E-state index is 14.4. The van der Waals surface area contributed by atoms with Crippen molar-refractivity contribution in [1.82, 2.24) is 16.0 Å². The molecule has 1 aromatic rings.